The van der Waals surface area contributed by atoms with Crippen LogP contribution in [0.5, 0.6) is 0 Å². The molecule has 0 aliphatic carbocycles. The minimum atomic E-state index is 0.206. The lowest BCUT2D eigenvalue weighted by Gasteiger charge is -2.16. The fourth-order valence-corrected chi connectivity index (χ4v) is 3.10. The van der Waals surface area contributed by atoms with Gasteiger partial charge in [0, 0.05) is 4.88 Å². The molecule has 0 fully saturated rings. The highest BCUT2D eigenvalue weighted by Crippen LogP contribution is 2.26. The lowest BCUT2D eigenvalue weighted by molar-refractivity contribution is 0.558. The SMILES string of the molecule is CCc1ccc(CC(NN)c2sccc2C)cc1. The molecule has 18 heavy (non-hydrogen) atoms. The summed E-state index contributed by atoms with van der Waals surface area (Å²) in [6.07, 6.45) is 2.02. The van der Waals surface area contributed by atoms with E-state index < -0.39 is 0 Å². The van der Waals surface area contributed by atoms with Gasteiger partial charge in [-0.25, -0.2) is 0 Å². The normalized spacial score (nSPS) is 12.6. The van der Waals surface area contributed by atoms with Gasteiger partial charge >= 0.3 is 0 Å². The first kappa shape index (κ1) is 13.3. The first-order valence-corrected chi connectivity index (χ1v) is 7.20. The summed E-state index contributed by atoms with van der Waals surface area (Å²) < 4.78 is 0. The average molecular weight is 260 g/mol. The van der Waals surface area contributed by atoms with Crippen LogP contribution in [0.15, 0.2) is 35.7 Å². The second-order valence-corrected chi connectivity index (χ2v) is 5.51. The van der Waals surface area contributed by atoms with E-state index in [-0.39, 0.29) is 6.04 Å². The number of hydrogen-bond acceptors (Lipinski definition) is 3. The molecule has 1 heterocycles. The third kappa shape index (κ3) is 2.99. The molecule has 1 aromatic heterocycles. The van der Waals surface area contributed by atoms with Crippen molar-refractivity contribution in [1.82, 2.24) is 5.43 Å². The molecule has 1 aromatic carbocycles. The van der Waals surface area contributed by atoms with E-state index in [1.807, 2.05) is 0 Å². The van der Waals surface area contributed by atoms with Crippen LogP contribution in [0.2, 0.25) is 0 Å². The smallest absolute Gasteiger partial charge is 0.0596 e. The van der Waals surface area contributed by atoms with Gasteiger partial charge in [0.05, 0.1) is 6.04 Å². The molecular formula is C15H20N2S. The van der Waals surface area contributed by atoms with E-state index in [2.05, 4.69) is 55.0 Å². The Hall–Kier alpha value is -1.16. The molecule has 2 nitrogen and oxygen atoms in total. The van der Waals surface area contributed by atoms with Gasteiger partial charge in [0.25, 0.3) is 0 Å². The Morgan fingerprint density at radius 1 is 1.17 bits per heavy atom. The molecule has 3 heteroatoms. The molecule has 0 radical (unpaired) electrons. The van der Waals surface area contributed by atoms with Crippen molar-refractivity contribution in [1.29, 1.82) is 0 Å². The van der Waals surface area contributed by atoms with E-state index in [0.29, 0.717) is 0 Å². The van der Waals surface area contributed by atoms with Crippen LogP contribution >= 0.6 is 11.3 Å². The summed E-state index contributed by atoms with van der Waals surface area (Å²) in [5, 5.41) is 2.12. The molecular weight excluding hydrogens is 240 g/mol. The third-order valence-electron chi connectivity index (χ3n) is 3.29. The summed E-state index contributed by atoms with van der Waals surface area (Å²) in [5.74, 6) is 5.69. The van der Waals surface area contributed by atoms with Crippen molar-refractivity contribution in [2.75, 3.05) is 0 Å². The highest BCUT2D eigenvalue weighted by atomic mass is 32.1. The minimum absolute atomic E-state index is 0.206. The Kier molecular flexibility index (Phi) is 4.53. The van der Waals surface area contributed by atoms with Crippen molar-refractivity contribution in [3.63, 3.8) is 0 Å². The predicted molar refractivity (Wildman–Crippen MR) is 78.6 cm³/mol. The number of rotatable bonds is 5. The highest BCUT2D eigenvalue weighted by Gasteiger charge is 2.14. The second kappa shape index (κ2) is 6.14. The van der Waals surface area contributed by atoms with Gasteiger partial charge in [-0.2, -0.15) is 0 Å². The topological polar surface area (TPSA) is 38.0 Å². The molecule has 0 saturated carbocycles. The summed E-state index contributed by atoms with van der Waals surface area (Å²) in [6.45, 7) is 4.31. The Morgan fingerprint density at radius 2 is 1.83 bits per heavy atom. The fourth-order valence-electron chi connectivity index (χ4n) is 2.12. The summed E-state index contributed by atoms with van der Waals surface area (Å²) in [7, 11) is 0. The van der Waals surface area contributed by atoms with Gasteiger partial charge in [-0.1, -0.05) is 31.2 Å². The first-order chi connectivity index (χ1) is 8.74. The number of nitrogens with two attached hydrogens (primary N) is 1. The maximum absolute atomic E-state index is 5.69. The zero-order valence-electron chi connectivity index (χ0n) is 10.9. The molecule has 1 unspecified atom stereocenters. The van der Waals surface area contributed by atoms with Crippen LogP contribution in [0.1, 0.15) is 34.5 Å². The van der Waals surface area contributed by atoms with Gasteiger partial charge < -0.3 is 0 Å². The van der Waals surface area contributed by atoms with Crippen molar-refractivity contribution in [2.45, 2.75) is 32.7 Å². The molecule has 0 bridgehead atoms. The van der Waals surface area contributed by atoms with Crippen molar-refractivity contribution in [3.05, 3.63) is 57.3 Å². The van der Waals surface area contributed by atoms with Crippen LogP contribution in [-0.4, -0.2) is 0 Å². The van der Waals surface area contributed by atoms with Crippen LogP contribution < -0.4 is 11.3 Å². The number of thiophene rings is 1. The zero-order chi connectivity index (χ0) is 13.0. The number of aryl methyl sites for hydroxylation is 2. The highest BCUT2D eigenvalue weighted by molar-refractivity contribution is 7.10. The number of benzene rings is 1. The van der Waals surface area contributed by atoms with E-state index in [0.717, 1.165) is 12.8 Å². The van der Waals surface area contributed by atoms with Gasteiger partial charge in [0.1, 0.15) is 0 Å². The monoisotopic (exact) mass is 260 g/mol. The lowest BCUT2D eigenvalue weighted by atomic mass is 10.0. The molecule has 0 aliphatic rings. The van der Waals surface area contributed by atoms with Crippen molar-refractivity contribution in [2.24, 2.45) is 5.84 Å². The van der Waals surface area contributed by atoms with Crippen LogP contribution in [0, 0.1) is 6.92 Å². The molecule has 0 spiro atoms. The second-order valence-electron chi connectivity index (χ2n) is 4.56. The van der Waals surface area contributed by atoms with Gasteiger partial charge in [0.15, 0.2) is 0 Å². The standard InChI is InChI=1S/C15H20N2S/c1-3-12-4-6-13(7-5-12)10-14(17-16)15-11(2)8-9-18-15/h4-9,14,17H,3,10,16H2,1-2H3. The Balaban J connectivity index is 2.13. The molecule has 3 N–H and O–H groups in total. The van der Waals surface area contributed by atoms with Crippen LogP contribution in [0.4, 0.5) is 0 Å². The van der Waals surface area contributed by atoms with E-state index in [1.165, 1.54) is 21.6 Å². The van der Waals surface area contributed by atoms with Crippen LogP contribution in [-0.2, 0) is 12.8 Å². The lowest BCUT2D eigenvalue weighted by Crippen LogP contribution is -2.29. The molecule has 1 atom stereocenters. The van der Waals surface area contributed by atoms with Crippen molar-refractivity contribution >= 4 is 11.3 Å². The largest absolute Gasteiger partial charge is 0.271 e. The molecule has 0 aliphatic heterocycles. The summed E-state index contributed by atoms with van der Waals surface area (Å²) in [5.41, 5.74) is 6.95. The Labute approximate surface area is 113 Å². The molecule has 0 saturated heterocycles. The van der Waals surface area contributed by atoms with Gasteiger partial charge in [-0.15, -0.1) is 11.3 Å². The Morgan fingerprint density at radius 3 is 2.33 bits per heavy atom. The van der Waals surface area contributed by atoms with Crippen molar-refractivity contribution < 1.29 is 0 Å². The summed E-state index contributed by atoms with van der Waals surface area (Å²) >= 11 is 1.77. The quantitative estimate of drug-likeness (QED) is 0.639. The number of hydrazine groups is 1. The van der Waals surface area contributed by atoms with E-state index in [9.17, 15) is 0 Å². The zero-order valence-corrected chi connectivity index (χ0v) is 11.8. The summed E-state index contributed by atoms with van der Waals surface area (Å²) in [4.78, 5) is 1.33. The predicted octanol–water partition coefficient (Wildman–Crippen LogP) is 3.37. The maximum atomic E-state index is 5.69. The minimum Gasteiger partial charge on any atom is -0.271 e. The Bertz CT molecular complexity index is 487. The van der Waals surface area contributed by atoms with Gasteiger partial charge in [-0.05, 0) is 47.9 Å². The fraction of sp³-hybridized carbons (Fsp3) is 0.333. The van der Waals surface area contributed by atoms with Crippen LogP contribution in [0.3, 0.4) is 0 Å². The molecule has 0 amide bonds. The van der Waals surface area contributed by atoms with Crippen molar-refractivity contribution in [3.8, 4) is 0 Å². The molecule has 2 rings (SSSR count). The van der Waals surface area contributed by atoms with Gasteiger partial charge in [-0.3, -0.25) is 11.3 Å². The van der Waals surface area contributed by atoms with E-state index >= 15 is 0 Å². The maximum Gasteiger partial charge on any atom is 0.0596 e. The molecule has 96 valence electrons. The number of hydrogen-bond donors (Lipinski definition) is 2. The first-order valence-electron chi connectivity index (χ1n) is 6.32. The van der Waals surface area contributed by atoms with E-state index in [4.69, 9.17) is 5.84 Å². The average Bonchev–Trinajstić information content (AvgIpc) is 2.83. The van der Waals surface area contributed by atoms with Crippen LogP contribution in [0.25, 0.3) is 0 Å². The molecule has 2 aromatic rings. The summed E-state index contributed by atoms with van der Waals surface area (Å²) in [6, 6.07) is 11.1. The third-order valence-corrected chi connectivity index (χ3v) is 4.42. The number of nitrogens with one attached hydrogen (secondary N) is 1. The van der Waals surface area contributed by atoms with Gasteiger partial charge in [0.2, 0.25) is 0 Å². The van der Waals surface area contributed by atoms with E-state index in [1.54, 1.807) is 11.3 Å².